The number of primary amides is 1. The number of thioether (sulfide) groups is 1. The van der Waals surface area contributed by atoms with Crippen LogP contribution in [0.25, 0.3) is 0 Å². The molecule has 3 N–H and O–H groups in total. The second-order valence-electron chi connectivity index (χ2n) is 4.61. The molecule has 0 aliphatic heterocycles. The molecular weight excluding hydrogens is 312 g/mol. The van der Waals surface area contributed by atoms with Crippen LogP contribution in [0.15, 0.2) is 33.6 Å². The number of rotatable bonds is 6. The van der Waals surface area contributed by atoms with E-state index in [1.165, 1.54) is 0 Å². The number of hydrogen-bond acceptors (Lipinski definition) is 3. The van der Waals surface area contributed by atoms with Crippen LogP contribution in [0, 0.1) is 5.92 Å². The molecule has 2 rings (SSSR count). The SMILES string of the molecule is CNC(CSc1cccc(Br)c1)(C(N)=O)C1CC1. The van der Waals surface area contributed by atoms with Crippen molar-refractivity contribution in [2.24, 2.45) is 11.7 Å². The second kappa shape index (κ2) is 5.63. The lowest BCUT2D eigenvalue weighted by Crippen LogP contribution is -2.57. The van der Waals surface area contributed by atoms with Crippen molar-refractivity contribution >= 4 is 33.6 Å². The zero-order chi connectivity index (χ0) is 13.2. The average Bonchev–Trinajstić information content (AvgIpc) is 3.15. The van der Waals surface area contributed by atoms with Gasteiger partial charge in [0.2, 0.25) is 5.91 Å². The second-order valence-corrected chi connectivity index (χ2v) is 6.57. The average molecular weight is 329 g/mol. The molecule has 0 bridgehead atoms. The third-order valence-electron chi connectivity index (χ3n) is 3.42. The van der Waals surface area contributed by atoms with E-state index in [-0.39, 0.29) is 5.91 Å². The third kappa shape index (κ3) is 2.90. The molecule has 5 heteroatoms. The molecule has 1 amide bonds. The number of nitrogens with one attached hydrogen (secondary N) is 1. The predicted octanol–water partition coefficient (Wildman–Crippen LogP) is 2.39. The summed E-state index contributed by atoms with van der Waals surface area (Å²) in [6, 6.07) is 8.09. The molecular formula is C13H17BrN2OS. The van der Waals surface area contributed by atoms with Gasteiger partial charge in [0.25, 0.3) is 0 Å². The molecule has 0 spiro atoms. The Morgan fingerprint density at radius 2 is 2.33 bits per heavy atom. The summed E-state index contributed by atoms with van der Waals surface area (Å²) in [6.45, 7) is 0. The molecule has 0 aromatic heterocycles. The number of carbonyl (C=O) groups excluding carboxylic acids is 1. The van der Waals surface area contributed by atoms with E-state index in [0.717, 1.165) is 22.2 Å². The molecule has 0 radical (unpaired) electrons. The van der Waals surface area contributed by atoms with Gasteiger partial charge in [-0.15, -0.1) is 11.8 Å². The standard InChI is InChI=1S/C13H17BrN2OS/c1-16-13(12(15)17,9-5-6-9)8-18-11-4-2-3-10(14)7-11/h2-4,7,9,16H,5-6,8H2,1H3,(H2,15,17). The Hall–Kier alpha value is -0.520. The summed E-state index contributed by atoms with van der Waals surface area (Å²) in [5.41, 5.74) is 5.03. The first-order valence-electron chi connectivity index (χ1n) is 5.95. The summed E-state index contributed by atoms with van der Waals surface area (Å²) in [7, 11) is 1.82. The Balaban J connectivity index is 2.08. The zero-order valence-electron chi connectivity index (χ0n) is 10.3. The van der Waals surface area contributed by atoms with Gasteiger partial charge < -0.3 is 11.1 Å². The number of amides is 1. The lowest BCUT2D eigenvalue weighted by molar-refractivity contribution is -0.124. The topological polar surface area (TPSA) is 55.1 Å². The highest BCUT2D eigenvalue weighted by Gasteiger charge is 2.48. The number of carbonyl (C=O) groups is 1. The number of nitrogens with two attached hydrogens (primary N) is 1. The maximum atomic E-state index is 11.8. The molecule has 0 heterocycles. The van der Waals surface area contributed by atoms with E-state index in [2.05, 4.69) is 27.3 Å². The molecule has 1 atom stereocenters. The Morgan fingerprint density at radius 1 is 1.61 bits per heavy atom. The summed E-state index contributed by atoms with van der Waals surface area (Å²) in [5, 5.41) is 3.15. The van der Waals surface area contributed by atoms with E-state index in [0.29, 0.717) is 11.7 Å². The van der Waals surface area contributed by atoms with Crippen molar-refractivity contribution in [1.29, 1.82) is 0 Å². The summed E-state index contributed by atoms with van der Waals surface area (Å²) in [4.78, 5) is 12.9. The Bertz CT molecular complexity index is 450. The minimum absolute atomic E-state index is 0.241. The normalized spacial score (nSPS) is 18.3. The quantitative estimate of drug-likeness (QED) is 0.788. The number of halogens is 1. The molecule has 0 saturated heterocycles. The molecule has 1 aliphatic rings. The summed E-state index contributed by atoms with van der Waals surface area (Å²) >= 11 is 5.12. The molecule has 18 heavy (non-hydrogen) atoms. The molecule has 1 saturated carbocycles. The van der Waals surface area contributed by atoms with Crippen LogP contribution >= 0.6 is 27.7 Å². The molecule has 1 aromatic carbocycles. The molecule has 1 unspecified atom stereocenters. The Kier molecular flexibility index (Phi) is 4.35. The highest BCUT2D eigenvalue weighted by molar-refractivity contribution is 9.10. The van der Waals surface area contributed by atoms with E-state index < -0.39 is 5.54 Å². The summed E-state index contributed by atoms with van der Waals surface area (Å²) in [5.74, 6) is 0.828. The van der Waals surface area contributed by atoms with Crippen LogP contribution in [-0.4, -0.2) is 24.2 Å². The van der Waals surface area contributed by atoms with Gasteiger partial charge in [-0.05, 0) is 44.0 Å². The largest absolute Gasteiger partial charge is 0.368 e. The van der Waals surface area contributed by atoms with Crippen LogP contribution < -0.4 is 11.1 Å². The maximum Gasteiger partial charge on any atom is 0.238 e. The molecule has 98 valence electrons. The number of likely N-dealkylation sites (N-methyl/N-ethyl adjacent to an activating group) is 1. The van der Waals surface area contributed by atoms with Gasteiger partial charge in [0, 0.05) is 15.1 Å². The van der Waals surface area contributed by atoms with E-state index in [4.69, 9.17) is 5.73 Å². The third-order valence-corrected chi connectivity index (χ3v) is 5.10. The van der Waals surface area contributed by atoms with Gasteiger partial charge in [0.1, 0.15) is 5.54 Å². The monoisotopic (exact) mass is 328 g/mol. The highest BCUT2D eigenvalue weighted by Crippen LogP contribution is 2.42. The van der Waals surface area contributed by atoms with Crippen LogP contribution in [0.2, 0.25) is 0 Å². The van der Waals surface area contributed by atoms with Gasteiger partial charge in [-0.1, -0.05) is 22.0 Å². The maximum absolute atomic E-state index is 11.8. The van der Waals surface area contributed by atoms with Crippen molar-refractivity contribution in [1.82, 2.24) is 5.32 Å². The van der Waals surface area contributed by atoms with Crippen LogP contribution in [0.4, 0.5) is 0 Å². The summed E-state index contributed by atoms with van der Waals surface area (Å²) < 4.78 is 1.05. The fourth-order valence-electron chi connectivity index (χ4n) is 2.12. The molecule has 3 nitrogen and oxygen atoms in total. The van der Waals surface area contributed by atoms with Crippen LogP contribution in [0.5, 0.6) is 0 Å². The first kappa shape index (κ1) is 13.9. The van der Waals surface area contributed by atoms with Gasteiger partial charge >= 0.3 is 0 Å². The van der Waals surface area contributed by atoms with Crippen molar-refractivity contribution in [3.8, 4) is 0 Å². The van der Waals surface area contributed by atoms with E-state index in [1.807, 2.05) is 25.2 Å². The van der Waals surface area contributed by atoms with Crippen molar-refractivity contribution in [3.05, 3.63) is 28.7 Å². The lowest BCUT2D eigenvalue weighted by Gasteiger charge is -2.30. The highest BCUT2D eigenvalue weighted by atomic mass is 79.9. The first-order valence-corrected chi connectivity index (χ1v) is 7.73. The fraction of sp³-hybridized carbons (Fsp3) is 0.462. The molecule has 1 aromatic rings. The van der Waals surface area contributed by atoms with E-state index >= 15 is 0 Å². The summed E-state index contributed by atoms with van der Waals surface area (Å²) in [6.07, 6.45) is 2.17. The fourth-order valence-corrected chi connectivity index (χ4v) is 3.97. The van der Waals surface area contributed by atoms with Crippen LogP contribution in [0.3, 0.4) is 0 Å². The minimum atomic E-state index is -0.563. The van der Waals surface area contributed by atoms with Crippen LogP contribution in [0.1, 0.15) is 12.8 Å². The van der Waals surface area contributed by atoms with Gasteiger partial charge in [0.15, 0.2) is 0 Å². The number of hydrogen-bond donors (Lipinski definition) is 2. The van der Waals surface area contributed by atoms with E-state index in [1.54, 1.807) is 11.8 Å². The predicted molar refractivity (Wildman–Crippen MR) is 78.6 cm³/mol. The smallest absolute Gasteiger partial charge is 0.238 e. The zero-order valence-corrected chi connectivity index (χ0v) is 12.7. The van der Waals surface area contributed by atoms with Crippen molar-refractivity contribution in [2.75, 3.05) is 12.8 Å². The molecule has 1 aliphatic carbocycles. The minimum Gasteiger partial charge on any atom is -0.368 e. The van der Waals surface area contributed by atoms with Gasteiger partial charge in [0.05, 0.1) is 0 Å². The van der Waals surface area contributed by atoms with Crippen LogP contribution in [-0.2, 0) is 4.79 Å². The van der Waals surface area contributed by atoms with Gasteiger partial charge in [-0.3, -0.25) is 4.79 Å². The Morgan fingerprint density at radius 3 is 2.83 bits per heavy atom. The van der Waals surface area contributed by atoms with Crippen molar-refractivity contribution in [2.45, 2.75) is 23.3 Å². The first-order chi connectivity index (χ1) is 8.58. The van der Waals surface area contributed by atoms with Gasteiger partial charge in [-0.25, -0.2) is 0 Å². The number of benzene rings is 1. The Labute approximate surface area is 120 Å². The lowest BCUT2D eigenvalue weighted by atomic mass is 9.95. The van der Waals surface area contributed by atoms with E-state index in [9.17, 15) is 4.79 Å². The van der Waals surface area contributed by atoms with Crippen molar-refractivity contribution in [3.63, 3.8) is 0 Å². The van der Waals surface area contributed by atoms with Crippen molar-refractivity contribution < 1.29 is 4.79 Å². The van der Waals surface area contributed by atoms with Gasteiger partial charge in [-0.2, -0.15) is 0 Å². The molecule has 1 fully saturated rings.